The molecular weight excluding hydrogens is 212 g/mol. The third kappa shape index (κ3) is 3.16. The Morgan fingerprint density at radius 3 is 2.76 bits per heavy atom. The first-order valence-corrected chi connectivity index (χ1v) is 6.39. The number of rotatable bonds is 4. The molecule has 0 aliphatic heterocycles. The van der Waals surface area contributed by atoms with E-state index in [2.05, 4.69) is 0 Å². The lowest BCUT2D eigenvalue weighted by molar-refractivity contribution is 0.0784. The minimum atomic E-state index is 0.200. The van der Waals surface area contributed by atoms with Crippen LogP contribution >= 0.6 is 0 Å². The van der Waals surface area contributed by atoms with Gasteiger partial charge in [-0.15, -0.1) is 0 Å². The van der Waals surface area contributed by atoms with Crippen molar-refractivity contribution in [3.8, 4) is 0 Å². The lowest BCUT2D eigenvalue weighted by atomic mass is 9.78. The summed E-state index contributed by atoms with van der Waals surface area (Å²) >= 11 is 0. The van der Waals surface area contributed by atoms with Gasteiger partial charge in [0.2, 0.25) is 0 Å². The second-order valence-electron chi connectivity index (χ2n) is 4.92. The molecule has 1 aromatic carbocycles. The Kier molecular flexibility index (Phi) is 4.32. The summed E-state index contributed by atoms with van der Waals surface area (Å²) < 4.78 is 5.20. The number of carbonyl (C=O) groups excluding carboxylic acids is 1. The van der Waals surface area contributed by atoms with Crippen molar-refractivity contribution in [3.05, 3.63) is 35.9 Å². The van der Waals surface area contributed by atoms with Gasteiger partial charge < -0.3 is 4.74 Å². The first kappa shape index (κ1) is 12.3. The van der Waals surface area contributed by atoms with Crippen LogP contribution in [0.25, 0.3) is 0 Å². The van der Waals surface area contributed by atoms with Crippen molar-refractivity contribution < 1.29 is 9.53 Å². The standard InChI is InChI=1S/C15H20O2/c1-17-11-12-6-5-9-14(10-12)15(16)13-7-3-2-4-8-13/h2-4,7-8,12,14H,5-6,9-11H2,1H3. The van der Waals surface area contributed by atoms with E-state index in [-0.39, 0.29) is 5.92 Å². The Hall–Kier alpha value is -1.15. The van der Waals surface area contributed by atoms with Crippen LogP contribution < -0.4 is 0 Å². The van der Waals surface area contributed by atoms with E-state index >= 15 is 0 Å². The molecule has 2 atom stereocenters. The Morgan fingerprint density at radius 2 is 2.06 bits per heavy atom. The highest BCUT2D eigenvalue weighted by Gasteiger charge is 2.27. The predicted octanol–water partition coefficient (Wildman–Crippen LogP) is 3.32. The molecule has 1 saturated carbocycles. The van der Waals surface area contributed by atoms with Crippen LogP contribution in [0.4, 0.5) is 0 Å². The summed E-state index contributed by atoms with van der Waals surface area (Å²) in [6.07, 6.45) is 4.37. The monoisotopic (exact) mass is 232 g/mol. The van der Waals surface area contributed by atoms with E-state index in [0.29, 0.717) is 11.7 Å². The van der Waals surface area contributed by atoms with E-state index in [4.69, 9.17) is 4.74 Å². The molecule has 2 nitrogen and oxygen atoms in total. The molecule has 2 unspecified atom stereocenters. The molecule has 0 amide bonds. The van der Waals surface area contributed by atoms with Crippen LogP contribution in [0.5, 0.6) is 0 Å². The largest absolute Gasteiger partial charge is 0.384 e. The van der Waals surface area contributed by atoms with Gasteiger partial charge in [0.05, 0.1) is 0 Å². The molecule has 0 spiro atoms. The average Bonchev–Trinajstić information content (AvgIpc) is 2.40. The van der Waals surface area contributed by atoms with Gasteiger partial charge in [-0.05, 0) is 25.2 Å². The van der Waals surface area contributed by atoms with Gasteiger partial charge in [-0.2, -0.15) is 0 Å². The van der Waals surface area contributed by atoms with Gasteiger partial charge in [-0.3, -0.25) is 4.79 Å². The van der Waals surface area contributed by atoms with E-state index < -0.39 is 0 Å². The average molecular weight is 232 g/mol. The zero-order valence-electron chi connectivity index (χ0n) is 10.4. The summed E-state index contributed by atoms with van der Waals surface area (Å²) in [4.78, 5) is 12.3. The molecule has 0 aromatic heterocycles. The number of carbonyl (C=O) groups is 1. The Labute approximate surface area is 103 Å². The van der Waals surface area contributed by atoms with Crippen LogP contribution in [0.2, 0.25) is 0 Å². The molecule has 0 radical (unpaired) electrons. The minimum Gasteiger partial charge on any atom is -0.384 e. The second-order valence-corrected chi connectivity index (χ2v) is 4.92. The molecule has 1 aliphatic rings. The van der Waals surface area contributed by atoms with E-state index in [9.17, 15) is 4.79 Å². The smallest absolute Gasteiger partial charge is 0.165 e. The number of methoxy groups -OCH3 is 1. The van der Waals surface area contributed by atoms with E-state index in [1.54, 1.807) is 7.11 Å². The first-order chi connectivity index (χ1) is 8.31. The third-order valence-corrected chi connectivity index (χ3v) is 3.61. The molecule has 0 bridgehead atoms. The van der Waals surface area contributed by atoms with Crippen molar-refractivity contribution >= 4 is 5.78 Å². The normalized spacial score (nSPS) is 24.5. The lowest BCUT2D eigenvalue weighted by Crippen LogP contribution is -2.25. The number of hydrogen-bond acceptors (Lipinski definition) is 2. The van der Waals surface area contributed by atoms with Gasteiger partial charge in [0, 0.05) is 25.2 Å². The molecule has 2 heteroatoms. The van der Waals surface area contributed by atoms with Gasteiger partial charge in [-0.25, -0.2) is 0 Å². The van der Waals surface area contributed by atoms with Crippen LogP contribution in [0.15, 0.2) is 30.3 Å². The van der Waals surface area contributed by atoms with Crippen molar-refractivity contribution in [3.63, 3.8) is 0 Å². The quantitative estimate of drug-likeness (QED) is 0.744. The molecule has 1 fully saturated rings. The molecule has 0 saturated heterocycles. The van der Waals surface area contributed by atoms with Crippen LogP contribution in [0.1, 0.15) is 36.0 Å². The zero-order chi connectivity index (χ0) is 12.1. The van der Waals surface area contributed by atoms with Crippen molar-refractivity contribution in [2.75, 3.05) is 13.7 Å². The Bertz CT molecular complexity index is 356. The number of benzene rings is 1. The zero-order valence-corrected chi connectivity index (χ0v) is 10.4. The van der Waals surface area contributed by atoms with Crippen LogP contribution in [-0.4, -0.2) is 19.5 Å². The molecule has 0 heterocycles. The summed E-state index contributed by atoms with van der Waals surface area (Å²) in [5, 5.41) is 0. The topological polar surface area (TPSA) is 26.3 Å². The van der Waals surface area contributed by atoms with Gasteiger partial charge in [0.25, 0.3) is 0 Å². The minimum absolute atomic E-state index is 0.200. The van der Waals surface area contributed by atoms with E-state index in [1.165, 1.54) is 6.42 Å². The SMILES string of the molecule is COCC1CCCC(C(=O)c2ccccc2)C1. The first-order valence-electron chi connectivity index (χ1n) is 6.39. The van der Waals surface area contributed by atoms with Crippen molar-refractivity contribution in [2.45, 2.75) is 25.7 Å². The molecule has 92 valence electrons. The second kappa shape index (κ2) is 5.97. The molecule has 2 rings (SSSR count). The maximum Gasteiger partial charge on any atom is 0.165 e. The highest BCUT2D eigenvalue weighted by molar-refractivity contribution is 5.97. The Balaban J connectivity index is 2.00. The third-order valence-electron chi connectivity index (χ3n) is 3.61. The molecule has 0 N–H and O–H groups in total. The summed E-state index contributed by atoms with van der Waals surface area (Å²) in [5.74, 6) is 1.07. The Morgan fingerprint density at radius 1 is 1.29 bits per heavy atom. The predicted molar refractivity (Wildman–Crippen MR) is 68.1 cm³/mol. The van der Waals surface area contributed by atoms with Crippen LogP contribution in [-0.2, 0) is 4.74 Å². The fraction of sp³-hybridized carbons (Fsp3) is 0.533. The van der Waals surface area contributed by atoms with Gasteiger partial charge in [-0.1, -0.05) is 36.8 Å². The van der Waals surface area contributed by atoms with Gasteiger partial charge >= 0.3 is 0 Å². The summed E-state index contributed by atoms with van der Waals surface area (Å²) in [5.41, 5.74) is 0.857. The maximum atomic E-state index is 12.3. The van der Waals surface area contributed by atoms with Crippen molar-refractivity contribution in [2.24, 2.45) is 11.8 Å². The van der Waals surface area contributed by atoms with Crippen molar-refractivity contribution in [1.29, 1.82) is 0 Å². The molecule has 1 aromatic rings. The fourth-order valence-electron chi connectivity index (χ4n) is 2.75. The van der Waals surface area contributed by atoms with Gasteiger partial charge in [0.1, 0.15) is 0 Å². The van der Waals surface area contributed by atoms with Crippen LogP contribution in [0, 0.1) is 11.8 Å². The number of ether oxygens (including phenoxy) is 1. The van der Waals surface area contributed by atoms with Gasteiger partial charge in [0.15, 0.2) is 5.78 Å². The van der Waals surface area contributed by atoms with E-state index in [1.807, 2.05) is 30.3 Å². The van der Waals surface area contributed by atoms with Crippen LogP contribution in [0.3, 0.4) is 0 Å². The number of ketones is 1. The number of hydrogen-bond donors (Lipinski definition) is 0. The maximum absolute atomic E-state index is 12.3. The summed E-state index contributed by atoms with van der Waals surface area (Å²) in [6.45, 7) is 0.790. The van der Waals surface area contributed by atoms with Crippen molar-refractivity contribution in [1.82, 2.24) is 0 Å². The molecular formula is C15H20O2. The number of Topliss-reactive ketones (excluding diaryl/α,β-unsaturated/α-hetero) is 1. The summed E-state index contributed by atoms with van der Waals surface area (Å²) in [7, 11) is 1.74. The highest BCUT2D eigenvalue weighted by atomic mass is 16.5. The molecule has 17 heavy (non-hydrogen) atoms. The summed E-state index contributed by atoms with van der Waals surface area (Å²) in [6, 6.07) is 9.65. The lowest BCUT2D eigenvalue weighted by Gasteiger charge is -2.27. The highest BCUT2D eigenvalue weighted by Crippen LogP contribution is 2.31. The fourth-order valence-corrected chi connectivity index (χ4v) is 2.75. The van der Waals surface area contributed by atoms with E-state index in [0.717, 1.165) is 31.4 Å². The molecule has 1 aliphatic carbocycles.